The van der Waals surface area contributed by atoms with Gasteiger partial charge in [0.1, 0.15) is 16.7 Å². The first-order chi connectivity index (χ1) is 20.2. The van der Waals surface area contributed by atoms with Crippen molar-refractivity contribution in [2.24, 2.45) is 0 Å². The minimum atomic E-state index is -1.34. The summed E-state index contributed by atoms with van der Waals surface area (Å²) in [6.07, 6.45) is 2.80. The van der Waals surface area contributed by atoms with Crippen LogP contribution in [-0.4, -0.2) is 66.9 Å². The van der Waals surface area contributed by atoms with E-state index in [1.807, 2.05) is 73.6 Å². The molecule has 0 radical (unpaired) electrons. The molecule has 2 N–H and O–H groups in total. The van der Waals surface area contributed by atoms with Crippen LogP contribution in [0.3, 0.4) is 0 Å². The number of aliphatic hydroxyl groups is 1. The lowest BCUT2D eigenvalue weighted by Gasteiger charge is -2.30. The van der Waals surface area contributed by atoms with E-state index in [1.165, 1.54) is 12.8 Å². The molecule has 1 amide bonds. The van der Waals surface area contributed by atoms with Gasteiger partial charge in [-0.2, -0.15) is 5.26 Å². The molecule has 1 fully saturated rings. The van der Waals surface area contributed by atoms with E-state index in [0.717, 1.165) is 47.5 Å². The third kappa shape index (κ3) is 6.47. The first-order valence-corrected chi connectivity index (χ1v) is 15.7. The number of nitrogens with one attached hydrogen (secondary N) is 1. The predicted octanol–water partition coefficient (Wildman–Crippen LogP) is 4.81. The van der Waals surface area contributed by atoms with Gasteiger partial charge in [-0.3, -0.25) is 4.79 Å². The van der Waals surface area contributed by atoms with Gasteiger partial charge in [0.05, 0.1) is 28.1 Å². The van der Waals surface area contributed by atoms with Crippen LogP contribution in [0.2, 0.25) is 0 Å². The van der Waals surface area contributed by atoms with E-state index < -0.39 is 15.7 Å². The number of likely N-dealkylation sites (tertiary alicyclic amines) is 1. The summed E-state index contributed by atoms with van der Waals surface area (Å²) in [5.74, 6) is -0.231. The van der Waals surface area contributed by atoms with Gasteiger partial charge in [0.25, 0.3) is 5.91 Å². The molecule has 0 spiro atoms. The Hall–Kier alpha value is -3.42. The first-order valence-electron chi connectivity index (χ1n) is 14.6. The number of fused-ring (bicyclic) bond motifs is 1. The number of aromatic nitrogens is 1. The highest BCUT2D eigenvalue weighted by Gasteiger charge is 2.40. The molecule has 5 rings (SSSR count). The quantitative estimate of drug-likeness (QED) is 0.373. The van der Waals surface area contributed by atoms with Crippen LogP contribution in [0.15, 0.2) is 54.6 Å². The van der Waals surface area contributed by atoms with Crippen molar-refractivity contribution in [3.8, 4) is 28.5 Å². The van der Waals surface area contributed by atoms with E-state index in [4.69, 9.17) is 4.98 Å². The van der Waals surface area contributed by atoms with Gasteiger partial charge in [0, 0.05) is 37.4 Å². The van der Waals surface area contributed by atoms with Crippen molar-refractivity contribution < 1.29 is 14.1 Å². The van der Waals surface area contributed by atoms with Crippen LogP contribution in [0.25, 0.3) is 22.4 Å². The summed E-state index contributed by atoms with van der Waals surface area (Å²) in [4.78, 5) is 20.7. The smallest absolute Gasteiger partial charge is 0.269 e. The van der Waals surface area contributed by atoms with Crippen LogP contribution in [0.5, 0.6) is 0 Å². The summed E-state index contributed by atoms with van der Waals surface area (Å²) < 4.78 is 15.1. The van der Waals surface area contributed by atoms with Gasteiger partial charge in [-0.1, -0.05) is 30.3 Å². The van der Waals surface area contributed by atoms with Crippen molar-refractivity contribution >= 4 is 16.9 Å². The predicted molar refractivity (Wildman–Crippen MR) is 166 cm³/mol. The van der Waals surface area contributed by atoms with Crippen LogP contribution in [0.1, 0.15) is 73.3 Å². The first kappa shape index (κ1) is 30.1. The number of nitrogens with zero attached hydrogens (tertiary/aromatic N) is 4. The highest BCUT2D eigenvalue weighted by atomic mass is 32.2. The molecule has 0 unspecified atom stereocenters. The number of hydrogen-bond acceptors (Lipinski definition) is 6. The lowest BCUT2D eigenvalue weighted by molar-refractivity contribution is 0.0944. The maximum Gasteiger partial charge on any atom is 0.269 e. The Morgan fingerprint density at radius 2 is 1.79 bits per heavy atom. The molecule has 3 aromatic rings. The maximum atomic E-state index is 13.7. The second kappa shape index (κ2) is 12.8. The largest absolute Gasteiger partial charge is 0.396 e. The molecular formula is C33H39N5O3S. The fourth-order valence-corrected chi connectivity index (χ4v) is 7.25. The summed E-state index contributed by atoms with van der Waals surface area (Å²) in [5.41, 5.74) is 6.02. The Morgan fingerprint density at radius 3 is 2.48 bits per heavy atom. The summed E-state index contributed by atoms with van der Waals surface area (Å²) in [7, 11) is -1.34. The van der Waals surface area contributed by atoms with Gasteiger partial charge >= 0.3 is 0 Å². The molecule has 2 aliphatic heterocycles. The zero-order valence-corrected chi connectivity index (χ0v) is 25.4. The number of amides is 1. The fourth-order valence-electron chi connectivity index (χ4n) is 5.84. The second-order valence-electron chi connectivity index (χ2n) is 12.0. The van der Waals surface area contributed by atoms with E-state index in [2.05, 4.69) is 16.3 Å². The number of rotatable bonds is 9. The van der Waals surface area contributed by atoms with E-state index in [9.17, 15) is 19.4 Å². The van der Waals surface area contributed by atoms with Gasteiger partial charge in [0.2, 0.25) is 0 Å². The molecule has 1 aromatic heterocycles. The molecule has 1 saturated heterocycles. The molecule has 0 saturated carbocycles. The zero-order valence-electron chi connectivity index (χ0n) is 24.6. The van der Waals surface area contributed by atoms with Crippen LogP contribution in [0.4, 0.5) is 0 Å². The van der Waals surface area contributed by atoms with Crippen LogP contribution < -0.4 is 5.32 Å². The van der Waals surface area contributed by atoms with Crippen molar-refractivity contribution in [2.45, 2.75) is 57.4 Å². The maximum absolute atomic E-state index is 13.7. The number of hydrogen-bond donors (Lipinski definition) is 2. The Kier molecular flexibility index (Phi) is 9.19. The molecular weight excluding hydrogens is 546 g/mol. The molecule has 0 bridgehead atoms. The zero-order chi connectivity index (χ0) is 29.9. The summed E-state index contributed by atoms with van der Waals surface area (Å²) >= 11 is 0. The van der Waals surface area contributed by atoms with E-state index >= 15 is 0 Å². The number of aliphatic hydroxyl groups excluding tert-OH is 1. The highest BCUT2D eigenvalue weighted by Crippen LogP contribution is 2.44. The van der Waals surface area contributed by atoms with Gasteiger partial charge in [-0.25, -0.2) is 13.5 Å². The number of carbonyl (C=O) groups excluding carboxylic acids is 1. The molecule has 8 nitrogen and oxygen atoms in total. The van der Waals surface area contributed by atoms with Gasteiger partial charge in [-0.15, -0.1) is 0 Å². The Labute approximate surface area is 251 Å². The van der Waals surface area contributed by atoms with Crippen LogP contribution in [-0.2, 0) is 17.5 Å². The molecule has 220 valence electrons. The second-order valence-corrected chi connectivity index (χ2v) is 14.2. The normalized spacial score (nSPS) is 18.0. The average Bonchev–Trinajstić information content (AvgIpc) is 3.64. The fraction of sp³-hybridized carbons (Fsp3) is 0.424. The van der Waals surface area contributed by atoms with E-state index in [1.54, 1.807) is 6.07 Å². The standard InChI is InChI=1S/C33H39N5O3S/c1-33(2,3)42(41)38-22-27-20-28(32(40)35-13-16-37-14-4-5-15-37)36-31(30(27)29(38)12-17-39)26-11-7-10-25(19-26)24-9-6-8-23(18-24)21-34/h6-11,18-20,29,39H,4-5,12-17,22H2,1-3H3,(H,35,40)/t29-,42-/m1/s1. The van der Waals surface area contributed by atoms with Crippen LogP contribution >= 0.6 is 0 Å². The van der Waals surface area contributed by atoms with Crippen molar-refractivity contribution in [1.82, 2.24) is 19.5 Å². The molecule has 3 heterocycles. The van der Waals surface area contributed by atoms with Gasteiger partial charge in [0.15, 0.2) is 0 Å². The average molecular weight is 586 g/mol. The number of nitriles is 1. The van der Waals surface area contributed by atoms with Crippen LogP contribution in [0, 0.1) is 11.3 Å². The molecule has 2 aliphatic rings. The topological polar surface area (TPSA) is 110 Å². The monoisotopic (exact) mass is 585 g/mol. The van der Waals surface area contributed by atoms with E-state index in [0.29, 0.717) is 36.5 Å². The summed E-state index contributed by atoms with van der Waals surface area (Å²) in [6, 6.07) is 19.1. The van der Waals surface area contributed by atoms with Crippen molar-refractivity contribution in [3.63, 3.8) is 0 Å². The molecule has 9 heteroatoms. The Morgan fingerprint density at radius 1 is 1.10 bits per heavy atom. The minimum Gasteiger partial charge on any atom is -0.396 e. The SMILES string of the molecule is CC(C)(C)[S@@](=O)N1Cc2cc(C(=O)NCCN3CCCC3)nc(-c3cccc(-c4cccc(C#N)c4)c3)c2[C@H]1CCO. The lowest BCUT2D eigenvalue weighted by atomic mass is 9.93. The van der Waals surface area contributed by atoms with Crippen molar-refractivity contribution in [1.29, 1.82) is 5.26 Å². The molecule has 42 heavy (non-hydrogen) atoms. The minimum absolute atomic E-state index is 0.0683. The summed E-state index contributed by atoms with van der Waals surface area (Å²) in [5, 5.41) is 22.5. The molecule has 2 aromatic carbocycles. The lowest BCUT2D eigenvalue weighted by Crippen LogP contribution is -2.36. The summed E-state index contributed by atoms with van der Waals surface area (Å²) in [6.45, 7) is 9.65. The third-order valence-electron chi connectivity index (χ3n) is 7.90. The Balaban J connectivity index is 1.57. The molecule has 2 atom stereocenters. The number of benzene rings is 2. The Bertz CT molecular complexity index is 1520. The van der Waals surface area contributed by atoms with E-state index in [-0.39, 0.29) is 18.6 Å². The molecule has 0 aliphatic carbocycles. The van der Waals surface area contributed by atoms with Crippen molar-refractivity contribution in [3.05, 3.63) is 77.0 Å². The number of carbonyl (C=O) groups is 1. The van der Waals surface area contributed by atoms with Gasteiger partial charge in [-0.05, 0) is 94.1 Å². The van der Waals surface area contributed by atoms with Gasteiger partial charge < -0.3 is 15.3 Å². The third-order valence-corrected chi connectivity index (χ3v) is 9.75. The number of pyridine rings is 1. The van der Waals surface area contributed by atoms with Crippen molar-refractivity contribution in [2.75, 3.05) is 32.8 Å². The highest BCUT2D eigenvalue weighted by molar-refractivity contribution is 7.84.